The van der Waals surface area contributed by atoms with Gasteiger partial charge in [-0.3, -0.25) is 4.90 Å². The standard InChI is InChI=1S/C14H22N2O/c1-11(2)14-9-15-6-7-16(14)10-12-4-3-5-13(17)8-12/h3-5,8,11,14-15,17H,6-7,9-10H2,1-2H3. The fourth-order valence-corrected chi connectivity index (χ4v) is 2.51. The molecule has 94 valence electrons. The first-order chi connectivity index (χ1) is 8.16. The largest absolute Gasteiger partial charge is 0.508 e. The first-order valence-corrected chi connectivity index (χ1v) is 6.39. The van der Waals surface area contributed by atoms with E-state index in [1.165, 1.54) is 5.56 Å². The molecule has 0 radical (unpaired) electrons. The van der Waals surface area contributed by atoms with Crippen LogP contribution in [-0.4, -0.2) is 35.7 Å². The summed E-state index contributed by atoms with van der Waals surface area (Å²) in [6, 6.07) is 8.17. The highest BCUT2D eigenvalue weighted by Crippen LogP contribution is 2.18. The number of benzene rings is 1. The summed E-state index contributed by atoms with van der Waals surface area (Å²) in [6.45, 7) is 8.68. The second-order valence-electron chi connectivity index (χ2n) is 5.16. The minimum atomic E-state index is 0.360. The molecule has 1 saturated heterocycles. The molecule has 0 spiro atoms. The van der Waals surface area contributed by atoms with E-state index in [0.29, 0.717) is 17.7 Å². The molecule has 1 aliphatic rings. The minimum absolute atomic E-state index is 0.360. The maximum atomic E-state index is 9.49. The molecule has 1 aromatic rings. The van der Waals surface area contributed by atoms with Crippen molar-refractivity contribution in [3.05, 3.63) is 29.8 Å². The van der Waals surface area contributed by atoms with Crippen LogP contribution in [0.3, 0.4) is 0 Å². The average molecular weight is 234 g/mol. The monoisotopic (exact) mass is 234 g/mol. The molecule has 1 aliphatic heterocycles. The number of phenolic OH excluding ortho intramolecular Hbond substituents is 1. The molecule has 1 atom stereocenters. The lowest BCUT2D eigenvalue weighted by Crippen LogP contribution is -2.52. The molecule has 2 N–H and O–H groups in total. The predicted octanol–water partition coefficient (Wildman–Crippen LogP) is 1.82. The van der Waals surface area contributed by atoms with Gasteiger partial charge in [0.1, 0.15) is 5.75 Å². The van der Waals surface area contributed by atoms with Crippen molar-refractivity contribution in [3.8, 4) is 5.75 Å². The molecule has 0 aromatic heterocycles. The molecule has 3 nitrogen and oxygen atoms in total. The molecule has 1 aromatic carbocycles. The van der Waals surface area contributed by atoms with E-state index in [-0.39, 0.29) is 0 Å². The van der Waals surface area contributed by atoms with E-state index in [0.717, 1.165) is 26.2 Å². The third kappa shape index (κ3) is 3.20. The van der Waals surface area contributed by atoms with Crippen LogP contribution in [0, 0.1) is 5.92 Å². The molecule has 0 amide bonds. The van der Waals surface area contributed by atoms with Crippen molar-refractivity contribution < 1.29 is 5.11 Å². The van der Waals surface area contributed by atoms with Crippen LogP contribution >= 0.6 is 0 Å². The second kappa shape index (κ2) is 5.52. The Morgan fingerprint density at radius 1 is 1.47 bits per heavy atom. The molecule has 1 unspecified atom stereocenters. The number of piperazine rings is 1. The van der Waals surface area contributed by atoms with Crippen LogP contribution in [0.25, 0.3) is 0 Å². The Kier molecular flexibility index (Phi) is 4.02. The topological polar surface area (TPSA) is 35.5 Å². The van der Waals surface area contributed by atoms with Crippen LogP contribution in [0.4, 0.5) is 0 Å². The van der Waals surface area contributed by atoms with Gasteiger partial charge in [-0.05, 0) is 23.6 Å². The SMILES string of the molecule is CC(C)C1CNCCN1Cc1cccc(O)c1. The Hall–Kier alpha value is -1.06. The Bertz CT molecular complexity index is 365. The van der Waals surface area contributed by atoms with Crippen molar-refractivity contribution >= 4 is 0 Å². The van der Waals surface area contributed by atoms with Gasteiger partial charge in [0.15, 0.2) is 0 Å². The van der Waals surface area contributed by atoms with Gasteiger partial charge in [0, 0.05) is 32.2 Å². The Morgan fingerprint density at radius 3 is 3.00 bits per heavy atom. The lowest BCUT2D eigenvalue weighted by Gasteiger charge is -2.38. The van der Waals surface area contributed by atoms with Crippen LogP contribution in [0.1, 0.15) is 19.4 Å². The van der Waals surface area contributed by atoms with Crippen molar-refractivity contribution in [2.75, 3.05) is 19.6 Å². The summed E-state index contributed by atoms with van der Waals surface area (Å²) < 4.78 is 0. The van der Waals surface area contributed by atoms with Crippen LogP contribution in [0.5, 0.6) is 5.75 Å². The molecule has 17 heavy (non-hydrogen) atoms. The number of nitrogens with zero attached hydrogens (tertiary/aromatic N) is 1. The molecule has 2 rings (SSSR count). The van der Waals surface area contributed by atoms with E-state index in [1.807, 2.05) is 12.1 Å². The van der Waals surface area contributed by atoms with Crippen molar-refractivity contribution in [1.82, 2.24) is 10.2 Å². The van der Waals surface area contributed by atoms with Gasteiger partial charge >= 0.3 is 0 Å². The summed E-state index contributed by atoms with van der Waals surface area (Å²) in [4.78, 5) is 2.51. The number of aromatic hydroxyl groups is 1. The van der Waals surface area contributed by atoms with Crippen LogP contribution < -0.4 is 5.32 Å². The quantitative estimate of drug-likeness (QED) is 0.837. The molecule has 1 heterocycles. The fourth-order valence-electron chi connectivity index (χ4n) is 2.51. The number of hydrogen-bond donors (Lipinski definition) is 2. The van der Waals surface area contributed by atoms with Crippen molar-refractivity contribution in [1.29, 1.82) is 0 Å². The number of rotatable bonds is 3. The van der Waals surface area contributed by atoms with Crippen LogP contribution in [0.15, 0.2) is 24.3 Å². The van der Waals surface area contributed by atoms with Gasteiger partial charge in [-0.2, -0.15) is 0 Å². The first-order valence-electron chi connectivity index (χ1n) is 6.39. The zero-order valence-corrected chi connectivity index (χ0v) is 10.7. The lowest BCUT2D eigenvalue weighted by atomic mass is 10.00. The third-order valence-corrected chi connectivity index (χ3v) is 3.46. The van der Waals surface area contributed by atoms with Gasteiger partial charge in [-0.15, -0.1) is 0 Å². The maximum absolute atomic E-state index is 9.49. The fraction of sp³-hybridized carbons (Fsp3) is 0.571. The van der Waals surface area contributed by atoms with E-state index in [2.05, 4.69) is 30.1 Å². The number of nitrogens with one attached hydrogen (secondary N) is 1. The van der Waals surface area contributed by atoms with Gasteiger partial charge in [-0.25, -0.2) is 0 Å². The Balaban J connectivity index is 2.05. The number of hydrogen-bond acceptors (Lipinski definition) is 3. The molecular weight excluding hydrogens is 212 g/mol. The van der Waals surface area contributed by atoms with Gasteiger partial charge in [0.25, 0.3) is 0 Å². The predicted molar refractivity (Wildman–Crippen MR) is 70.0 cm³/mol. The third-order valence-electron chi connectivity index (χ3n) is 3.46. The first kappa shape index (κ1) is 12.4. The van der Waals surface area contributed by atoms with Crippen LogP contribution in [-0.2, 0) is 6.54 Å². The molecule has 0 saturated carbocycles. The summed E-state index contributed by atoms with van der Waals surface area (Å²) in [5, 5.41) is 12.9. The van der Waals surface area contributed by atoms with E-state index >= 15 is 0 Å². The van der Waals surface area contributed by atoms with Gasteiger partial charge in [0.2, 0.25) is 0 Å². The molecule has 1 fully saturated rings. The second-order valence-corrected chi connectivity index (χ2v) is 5.16. The van der Waals surface area contributed by atoms with Crippen molar-refractivity contribution in [2.45, 2.75) is 26.4 Å². The zero-order valence-electron chi connectivity index (χ0n) is 10.7. The van der Waals surface area contributed by atoms with Gasteiger partial charge in [-0.1, -0.05) is 26.0 Å². The lowest BCUT2D eigenvalue weighted by molar-refractivity contribution is 0.117. The van der Waals surface area contributed by atoms with Crippen molar-refractivity contribution in [2.24, 2.45) is 5.92 Å². The zero-order chi connectivity index (χ0) is 12.3. The van der Waals surface area contributed by atoms with Gasteiger partial charge < -0.3 is 10.4 Å². The minimum Gasteiger partial charge on any atom is -0.508 e. The summed E-state index contributed by atoms with van der Waals surface area (Å²) in [5.74, 6) is 1.01. The van der Waals surface area contributed by atoms with Crippen molar-refractivity contribution in [3.63, 3.8) is 0 Å². The molecular formula is C14H22N2O. The Labute approximate surface area is 103 Å². The maximum Gasteiger partial charge on any atom is 0.115 e. The molecule has 0 bridgehead atoms. The van der Waals surface area contributed by atoms with E-state index < -0.39 is 0 Å². The smallest absolute Gasteiger partial charge is 0.115 e. The highest BCUT2D eigenvalue weighted by Gasteiger charge is 2.24. The highest BCUT2D eigenvalue weighted by atomic mass is 16.3. The Morgan fingerprint density at radius 2 is 2.29 bits per heavy atom. The van der Waals surface area contributed by atoms with Gasteiger partial charge in [0.05, 0.1) is 0 Å². The summed E-state index contributed by atoms with van der Waals surface area (Å²) in [7, 11) is 0. The van der Waals surface area contributed by atoms with Crippen LogP contribution in [0.2, 0.25) is 0 Å². The summed E-state index contributed by atoms with van der Waals surface area (Å²) >= 11 is 0. The molecule has 0 aliphatic carbocycles. The highest BCUT2D eigenvalue weighted by molar-refractivity contribution is 5.27. The normalized spacial score (nSPS) is 21.9. The summed E-state index contributed by atoms with van der Waals surface area (Å²) in [5.41, 5.74) is 1.19. The van der Waals surface area contributed by atoms with E-state index in [4.69, 9.17) is 0 Å². The van der Waals surface area contributed by atoms with E-state index in [9.17, 15) is 5.11 Å². The van der Waals surface area contributed by atoms with E-state index in [1.54, 1.807) is 6.07 Å². The number of phenols is 1. The average Bonchev–Trinajstić information content (AvgIpc) is 2.29. The summed E-state index contributed by atoms with van der Waals surface area (Å²) in [6.07, 6.45) is 0. The molecule has 3 heteroatoms.